The highest BCUT2D eigenvalue weighted by Gasteiger charge is 2.06. The monoisotopic (exact) mass is 758 g/mol. The molecule has 0 amide bonds. The van der Waals surface area contributed by atoms with E-state index in [0.717, 1.165) is 5.92 Å². The van der Waals surface area contributed by atoms with E-state index >= 15 is 0 Å². The van der Waals surface area contributed by atoms with Gasteiger partial charge in [-0.3, -0.25) is 0 Å². The molecule has 0 spiro atoms. The molecule has 0 rings (SSSR count). The van der Waals surface area contributed by atoms with Crippen LogP contribution >= 0.6 is 0 Å². The van der Waals surface area contributed by atoms with E-state index in [4.69, 9.17) is 0 Å². The summed E-state index contributed by atoms with van der Waals surface area (Å²) in [5.74, 6) is 0.902. The van der Waals surface area contributed by atoms with E-state index in [1.807, 2.05) is 0 Å². The van der Waals surface area contributed by atoms with E-state index in [-0.39, 0.29) is 0 Å². The molecule has 0 aliphatic heterocycles. The first-order chi connectivity index (χ1) is 26.8. The van der Waals surface area contributed by atoms with Crippen molar-refractivity contribution in [1.82, 2.24) is 0 Å². The van der Waals surface area contributed by atoms with Crippen molar-refractivity contribution < 1.29 is 0 Å². The topological polar surface area (TPSA) is 0 Å². The lowest BCUT2D eigenvalue weighted by molar-refractivity contribution is 0.404. The smallest absolute Gasteiger partial charge is 0.0414 e. The molecule has 0 N–H and O–H groups in total. The lowest BCUT2D eigenvalue weighted by Gasteiger charge is -2.14. The molecule has 0 nitrogen and oxygen atoms in total. The summed E-state index contributed by atoms with van der Waals surface area (Å²) < 4.78 is 0. The van der Waals surface area contributed by atoms with E-state index < -0.39 is 0 Å². The Morgan fingerprint density at radius 1 is 0.204 bits per heavy atom. The maximum absolute atomic E-state index is 4.31. The summed E-state index contributed by atoms with van der Waals surface area (Å²) in [6.07, 6.45) is 73.5. The molecule has 54 heavy (non-hydrogen) atoms. The predicted octanol–water partition coefficient (Wildman–Crippen LogP) is 21.0. The van der Waals surface area contributed by atoms with E-state index in [9.17, 15) is 0 Å². The van der Waals surface area contributed by atoms with Crippen LogP contribution in [-0.2, 0) is 0 Å². The average molecular weight is 758 g/mol. The molecular formula is C54H109. The summed E-state index contributed by atoms with van der Waals surface area (Å²) in [6, 6.07) is 0. The van der Waals surface area contributed by atoms with Gasteiger partial charge in [-0.25, -0.2) is 0 Å². The number of rotatable bonds is 50. The molecule has 1 radical (unpaired) electrons. The van der Waals surface area contributed by atoms with Gasteiger partial charge < -0.3 is 0 Å². The first-order valence-electron chi connectivity index (χ1n) is 26.6. The summed E-state index contributed by atoms with van der Waals surface area (Å²) in [7, 11) is 0. The average Bonchev–Trinajstić information content (AvgIpc) is 3.19. The SMILES string of the molecule is [CH2]CC(CCCCCCCCCCCCCCCCCCCCCCCCC)CCCCCCCCCCCCCCCCCCCCCCCCCC. The van der Waals surface area contributed by atoms with Crippen LogP contribution < -0.4 is 0 Å². The Hall–Kier alpha value is 0. The first kappa shape index (κ1) is 54.0. The zero-order valence-corrected chi connectivity index (χ0v) is 38.6. The van der Waals surface area contributed by atoms with Gasteiger partial charge in [0, 0.05) is 0 Å². The van der Waals surface area contributed by atoms with Crippen LogP contribution in [0.4, 0.5) is 0 Å². The standard InChI is InChI=1S/C54H109/c1-4-7-9-11-13-15-17-19-21-23-25-27-29-31-33-35-37-39-41-43-45-47-49-51-53-54(6-3)52-50-48-46-44-42-40-38-36-34-32-30-28-26-24-22-20-18-16-14-12-10-8-5-2/h54H,3-53H2,1-2H3. The second-order valence-corrected chi connectivity index (χ2v) is 18.6. The Labute approximate surface area is 346 Å². The Morgan fingerprint density at radius 2 is 0.333 bits per heavy atom. The van der Waals surface area contributed by atoms with Crippen molar-refractivity contribution in [2.75, 3.05) is 0 Å². The Bertz CT molecular complexity index is 607. The van der Waals surface area contributed by atoms with Crippen LogP contribution in [0.2, 0.25) is 0 Å². The van der Waals surface area contributed by atoms with Crippen molar-refractivity contribution in [3.05, 3.63) is 6.92 Å². The minimum Gasteiger partial charge on any atom is -0.0654 e. The van der Waals surface area contributed by atoms with Gasteiger partial charge in [-0.05, 0) is 5.92 Å². The summed E-state index contributed by atoms with van der Waals surface area (Å²) >= 11 is 0. The fourth-order valence-corrected chi connectivity index (χ4v) is 9.05. The van der Waals surface area contributed by atoms with Crippen LogP contribution in [-0.4, -0.2) is 0 Å². The quantitative estimate of drug-likeness (QED) is 0.0542. The van der Waals surface area contributed by atoms with Crippen molar-refractivity contribution in [2.45, 2.75) is 335 Å². The molecule has 0 heteroatoms. The molecule has 0 aromatic rings. The van der Waals surface area contributed by atoms with Gasteiger partial charge >= 0.3 is 0 Å². The van der Waals surface area contributed by atoms with Gasteiger partial charge in [0.2, 0.25) is 0 Å². The first-order valence-corrected chi connectivity index (χ1v) is 26.6. The molecule has 0 bridgehead atoms. The molecule has 1 atom stereocenters. The van der Waals surface area contributed by atoms with Crippen LogP contribution in [0.3, 0.4) is 0 Å². The highest BCUT2D eigenvalue weighted by atomic mass is 14.1. The van der Waals surface area contributed by atoms with Gasteiger partial charge in [0.25, 0.3) is 0 Å². The van der Waals surface area contributed by atoms with Crippen LogP contribution in [0, 0.1) is 12.8 Å². The number of unbranched alkanes of at least 4 members (excludes halogenated alkanes) is 45. The van der Waals surface area contributed by atoms with Crippen LogP contribution in [0.5, 0.6) is 0 Å². The molecule has 0 aromatic heterocycles. The Morgan fingerprint density at radius 3 is 0.463 bits per heavy atom. The van der Waals surface area contributed by atoms with Crippen molar-refractivity contribution in [3.8, 4) is 0 Å². The summed E-state index contributed by atoms with van der Waals surface area (Å²) in [4.78, 5) is 0. The van der Waals surface area contributed by atoms with Gasteiger partial charge in [0.1, 0.15) is 0 Å². The van der Waals surface area contributed by atoms with Crippen LogP contribution in [0.15, 0.2) is 0 Å². The zero-order chi connectivity index (χ0) is 38.9. The summed E-state index contributed by atoms with van der Waals surface area (Å²) in [5.41, 5.74) is 0. The summed E-state index contributed by atoms with van der Waals surface area (Å²) in [5, 5.41) is 0. The molecular weight excluding hydrogens is 649 g/mol. The molecule has 1 unspecified atom stereocenters. The molecule has 0 aliphatic carbocycles. The Kier molecular flexibility index (Phi) is 51.0. The van der Waals surface area contributed by atoms with Crippen molar-refractivity contribution >= 4 is 0 Å². The van der Waals surface area contributed by atoms with Crippen LogP contribution in [0.25, 0.3) is 0 Å². The van der Waals surface area contributed by atoms with E-state index in [1.54, 1.807) is 0 Å². The highest BCUT2D eigenvalue weighted by Crippen LogP contribution is 2.23. The minimum absolute atomic E-state index is 0.902. The molecule has 0 saturated carbocycles. The summed E-state index contributed by atoms with van der Waals surface area (Å²) in [6.45, 7) is 8.93. The van der Waals surface area contributed by atoms with E-state index in [2.05, 4.69) is 20.8 Å². The minimum atomic E-state index is 0.902. The van der Waals surface area contributed by atoms with Gasteiger partial charge in [0.15, 0.2) is 0 Å². The van der Waals surface area contributed by atoms with E-state index in [1.165, 1.54) is 321 Å². The van der Waals surface area contributed by atoms with Crippen LogP contribution in [0.1, 0.15) is 335 Å². The zero-order valence-electron chi connectivity index (χ0n) is 38.6. The van der Waals surface area contributed by atoms with Gasteiger partial charge in [-0.15, -0.1) is 0 Å². The highest BCUT2D eigenvalue weighted by molar-refractivity contribution is 4.62. The van der Waals surface area contributed by atoms with Gasteiger partial charge in [-0.1, -0.05) is 342 Å². The fourth-order valence-electron chi connectivity index (χ4n) is 9.05. The molecule has 0 saturated heterocycles. The van der Waals surface area contributed by atoms with Gasteiger partial charge in [0.05, 0.1) is 0 Å². The maximum atomic E-state index is 4.31. The van der Waals surface area contributed by atoms with Crippen molar-refractivity contribution in [3.63, 3.8) is 0 Å². The fraction of sp³-hybridized carbons (Fsp3) is 0.981. The molecule has 0 aromatic carbocycles. The van der Waals surface area contributed by atoms with E-state index in [0.29, 0.717) is 0 Å². The predicted molar refractivity (Wildman–Crippen MR) is 251 cm³/mol. The number of hydrogen-bond donors (Lipinski definition) is 0. The van der Waals surface area contributed by atoms with Crippen molar-refractivity contribution in [2.24, 2.45) is 5.92 Å². The normalized spacial score (nSPS) is 12.3. The maximum Gasteiger partial charge on any atom is -0.0414 e. The third-order valence-electron chi connectivity index (χ3n) is 13.1. The molecule has 0 aliphatic rings. The second-order valence-electron chi connectivity index (χ2n) is 18.6. The largest absolute Gasteiger partial charge is 0.0654 e. The lowest BCUT2D eigenvalue weighted by Crippen LogP contribution is -1.99. The third-order valence-corrected chi connectivity index (χ3v) is 13.1. The lowest BCUT2D eigenvalue weighted by atomic mass is 9.92. The molecule has 0 fully saturated rings. The number of hydrogen-bond acceptors (Lipinski definition) is 0. The molecule has 0 heterocycles. The molecule has 325 valence electrons. The van der Waals surface area contributed by atoms with Crippen molar-refractivity contribution in [1.29, 1.82) is 0 Å². The van der Waals surface area contributed by atoms with Gasteiger partial charge in [-0.2, -0.15) is 0 Å². The third kappa shape index (κ3) is 48.1. The Balaban J connectivity index is 3.22. The second kappa shape index (κ2) is 51.0.